The Morgan fingerprint density at radius 1 is 1.06 bits per heavy atom. The van der Waals surface area contributed by atoms with Crippen molar-refractivity contribution in [2.45, 2.75) is 44.6 Å². The molecular weight excluding hydrogens is 469 g/mol. The van der Waals surface area contributed by atoms with E-state index in [0.717, 1.165) is 29.7 Å². The van der Waals surface area contributed by atoms with Gasteiger partial charge in [-0.25, -0.2) is 4.79 Å². The summed E-state index contributed by atoms with van der Waals surface area (Å²) >= 11 is 5.92. The maximum Gasteiger partial charge on any atom is 0.573 e. The van der Waals surface area contributed by atoms with Crippen molar-refractivity contribution in [2.24, 2.45) is 0 Å². The van der Waals surface area contributed by atoms with Crippen LogP contribution in [-0.2, 0) is 6.54 Å². The van der Waals surface area contributed by atoms with Crippen LogP contribution < -0.4 is 10.1 Å². The normalized spacial score (nSPS) is 13.3. The van der Waals surface area contributed by atoms with E-state index >= 15 is 0 Å². The number of carboxylic acids is 1. The molecule has 3 rings (SSSR count). The van der Waals surface area contributed by atoms with E-state index in [9.17, 15) is 23.1 Å². The summed E-state index contributed by atoms with van der Waals surface area (Å²) in [7, 11) is 0. The summed E-state index contributed by atoms with van der Waals surface area (Å²) in [4.78, 5) is 15.6. The number of hydrogen-bond acceptors (Lipinski definition) is 4. The number of ether oxygens (including phenoxy) is 1. The Morgan fingerprint density at radius 2 is 1.71 bits per heavy atom. The number of hydrogen-bond donors (Lipinski definition) is 2. The number of aromatic nitrogens is 1. The van der Waals surface area contributed by atoms with Crippen molar-refractivity contribution in [3.05, 3.63) is 94.3 Å². The predicted molar refractivity (Wildman–Crippen MR) is 123 cm³/mol. The first-order chi connectivity index (χ1) is 16.2. The number of carbonyl (C=O) groups is 1. The Hall–Kier alpha value is -3.10. The van der Waals surface area contributed by atoms with Gasteiger partial charge in [0.05, 0.1) is 16.3 Å². The van der Waals surface area contributed by atoms with Gasteiger partial charge in [-0.3, -0.25) is 4.98 Å². The summed E-state index contributed by atoms with van der Waals surface area (Å²) in [5.41, 5.74) is 2.62. The topological polar surface area (TPSA) is 71.5 Å². The molecule has 0 saturated heterocycles. The van der Waals surface area contributed by atoms with E-state index in [-0.39, 0.29) is 23.3 Å². The Bertz CT molecular complexity index is 1070. The van der Waals surface area contributed by atoms with E-state index in [2.05, 4.69) is 15.0 Å². The molecule has 9 heteroatoms. The summed E-state index contributed by atoms with van der Waals surface area (Å²) in [5, 5.41) is 13.2. The van der Waals surface area contributed by atoms with E-state index < -0.39 is 12.3 Å². The summed E-state index contributed by atoms with van der Waals surface area (Å²) < 4.78 is 41.8. The van der Waals surface area contributed by atoms with Crippen LogP contribution in [0.4, 0.5) is 13.2 Å². The molecule has 2 atom stereocenters. The van der Waals surface area contributed by atoms with Crippen molar-refractivity contribution in [3.63, 3.8) is 0 Å². The average Bonchev–Trinajstić information content (AvgIpc) is 2.79. The second-order valence-corrected chi connectivity index (χ2v) is 8.20. The Labute approximate surface area is 200 Å². The molecule has 2 unspecified atom stereocenters. The summed E-state index contributed by atoms with van der Waals surface area (Å²) in [6.45, 7) is 2.44. The first kappa shape index (κ1) is 25.5. The number of carboxylic acid groups (broad SMARTS) is 1. The van der Waals surface area contributed by atoms with Crippen LogP contribution in [0.5, 0.6) is 5.75 Å². The molecular formula is C25H24ClF3N2O3. The molecule has 0 radical (unpaired) electrons. The van der Waals surface area contributed by atoms with Crippen molar-refractivity contribution in [3.8, 4) is 5.75 Å². The molecule has 0 aliphatic carbocycles. The molecule has 0 aliphatic rings. The third-order valence-electron chi connectivity index (χ3n) is 5.35. The fourth-order valence-corrected chi connectivity index (χ4v) is 3.92. The summed E-state index contributed by atoms with van der Waals surface area (Å²) in [6.07, 6.45) is -1.61. The van der Waals surface area contributed by atoms with E-state index in [1.54, 1.807) is 54.7 Å². The molecule has 1 heterocycles. The Morgan fingerprint density at radius 3 is 2.24 bits per heavy atom. The summed E-state index contributed by atoms with van der Waals surface area (Å²) in [5.74, 6) is -1.39. The molecule has 0 spiro atoms. The van der Waals surface area contributed by atoms with Crippen LogP contribution in [0.2, 0.25) is 5.02 Å². The standard InChI is InChI=1S/C25H24ClF3N2O3/c1-2-3-22(16-4-6-18(7-5-16)24(32)33)23(31-15-20-11-10-19(26)14-30-20)17-8-12-21(13-9-17)34-25(27,28)29/h4-14,22-23,31H,2-3,15H2,1H3,(H,32,33). The smallest absolute Gasteiger partial charge is 0.478 e. The highest BCUT2D eigenvalue weighted by molar-refractivity contribution is 6.30. The minimum absolute atomic E-state index is 0.0745. The van der Waals surface area contributed by atoms with Crippen molar-refractivity contribution >= 4 is 17.6 Å². The van der Waals surface area contributed by atoms with Gasteiger partial charge < -0.3 is 15.2 Å². The van der Waals surface area contributed by atoms with Gasteiger partial charge in [-0.15, -0.1) is 13.2 Å². The average molecular weight is 493 g/mol. The lowest BCUT2D eigenvalue weighted by molar-refractivity contribution is -0.274. The number of alkyl halides is 3. The van der Waals surface area contributed by atoms with Crippen molar-refractivity contribution in [2.75, 3.05) is 0 Å². The molecule has 0 amide bonds. The monoisotopic (exact) mass is 492 g/mol. The lowest BCUT2D eigenvalue weighted by atomic mass is 9.83. The van der Waals surface area contributed by atoms with Crippen LogP contribution in [0.25, 0.3) is 0 Å². The van der Waals surface area contributed by atoms with E-state index in [1.165, 1.54) is 12.1 Å². The molecule has 0 aliphatic heterocycles. The van der Waals surface area contributed by atoms with Crippen LogP contribution in [0.15, 0.2) is 66.9 Å². The van der Waals surface area contributed by atoms with Gasteiger partial charge in [0.15, 0.2) is 0 Å². The molecule has 3 aromatic rings. The number of benzene rings is 2. The highest BCUT2D eigenvalue weighted by Crippen LogP contribution is 2.36. The van der Waals surface area contributed by atoms with E-state index in [0.29, 0.717) is 11.6 Å². The number of halogens is 4. The zero-order valence-electron chi connectivity index (χ0n) is 18.3. The van der Waals surface area contributed by atoms with E-state index in [4.69, 9.17) is 11.6 Å². The van der Waals surface area contributed by atoms with Gasteiger partial charge in [0, 0.05) is 24.7 Å². The largest absolute Gasteiger partial charge is 0.573 e. The van der Waals surface area contributed by atoms with Gasteiger partial charge in [-0.05, 0) is 53.9 Å². The highest BCUT2D eigenvalue weighted by Gasteiger charge is 2.31. The second-order valence-electron chi connectivity index (χ2n) is 7.77. The van der Waals surface area contributed by atoms with Gasteiger partial charge in [-0.1, -0.05) is 49.2 Å². The lowest BCUT2D eigenvalue weighted by Crippen LogP contribution is -2.27. The van der Waals surface area contributed by atoms with Crippen LogP contribution in [0, 0.1) is 0 Å². The fraction of sp³-hybridized carbons (Fsp3) is 0.280. The third-order valence-corrected chi connectivity index (χ3v) is 5.58. The number of nitrogens with one attached hydrogen (secondary N) is 1. The predicted octanol–water partition coefficient (Wildman–Crippen LogP) is 6.75. The molecule has 0 saturated carbocycles. The molecule has 34 heavy (non-hydrogen) atoms. The van der Waals surface area contributed by atoms with Crippen LogP contribution in [0.3, 0.4) is 0 Å². The molecule has 2 N–H and O–H groups in total. The minimum atomic E-state index is -4.77. The van der Waals surface area contributed by atoms with Crippen LogP contribution >= 0.6 is 11.6 Å². The molecule has 5 nitrogen and oxygen atoms in total. The number of aromatic carboxylic acids is 1. The maximum absolute atomic E-state index is 12.6. The van der Waals surface area contributed by atoms with Gasteiger partial charge in [0.25, 0.3) is 0 Å². The second kappa shape index (κ2) is 11.4. The van der Waals surface area contributed by atoms with Crippen molar-refractivity contribution < 1.29 is 27.8 Å². The quantitative estimate of drug-likeness (QED) is 0.327. The van der Waals surface area contributed by atoms with Crippen LogP contribution in [-0.4, -0.2) is 22.4 Å². The molecule has 1 aromatic heterocycles. The van der Waals surface area contributed by atoms with Crippen molar-refractivity contribution in [1.29, 1.82) is 0 Å². The van der Waals surface area contributed by atoms with Gasteiger partial charge in [-0.2, -0.15) is 0 Å². The molecule has 180 valence electrons. The van der Waals surface area contributed by atoms with Crippen molar-refractivity contribution in [1.82, 2.24) is 10.3 Å². The molecule has 2 aromatic carbocycles. The number of rotatable bonds is 10. The minimum Gasteiger partial charge on any atom is -0.478 e. The maximum atomic E-state index is 12.6. The van der Waals surface area contributed by atoms with Gasteiger partial charge >= 0.3 is 12.3 Å². The molecule has 0 fully saturated rings. The van der Waals surface area contributed by atoms with Gasteiger partial charge in [0.2, 0.25) is 0 Å². The SMILES string of the molecule is CCCC(c1ccc(C(=O)O)cc1)C(NCc1ccc(Cl)cn1)c1ccc(OC(F)(F)F)cc1. The fourth-order valence-electron chi connectivity index (χ4n) is 3.80. The Balaban J connectivity index is 1.93. The number of pyridine rings is 1. The lowest BCUT2D eigenvalue weighted by Gasteiger charge is -2.29. The Kier molecular flexibility index (Phi) is 8.52. The third kappa shape index (κ3) is 7.20. The summed E-state index contributed by atoms with van der Waals surface area (Å²) in [6, 6.07) is 15.7. The zero-order valence-corrected chi connectivity index (χ0v) is 19.1. The highest BCUT2D eigenvalue weighted by atomic mass is 35.5. The molecule has 0 bridgehead atoms. The van der Waals surface area contributed by atoms with Crippen LogP contribution in [0.1, 0.15) is 58.9 Å². The zero-order chi connectivity index (χ0) is 24.7. The number of nitrogens with zero attached hydrogens (tertiary/aromatic N) is 1. The van der Waals surface area contributed by atoms with Gasteiger partial charge in [0.1, 0.15) is 5.75 Å². The van der Waals surface area contributed by atoms with E-state index in [1.807, 2.05) is 6.92 Å². The first-order valence-corrected chi connectivity index (χ1v) is 11.1. The first-order valence-electron chi connectivity index (χ1n) is 10.7.